The summed E-state index contributed by atoms with van der Waals surface area (Å²) in [7, 11) is 1.60. The molecule has 3 aromatic rings. The smallest absolute Gasteiger partial charge is 0.291 e. The number of nitrogens with zero attached hydrogens (tertiary/aromatic N) is 1. The number of ether oxygens (including phenoxy) is 1. The molecule has 1 aromatic carbocycles. The van der Waals surface area contributed by atoms with Crippen LogP contribution >= 0.6 is 0 Å². The highest BCUT2D eigenvalue weighted by molar-refractivity contribution is 6.04. The highest BCUT2D eigenvalue weighted by Gasteiger charge is 2.17. The van der Waals surface area contributed by atoms with Crippen LogP contribution in [0.25, 0.3) is 10.9 Å². The summed E-state index contributed by atoms with van der Waals surface area (Å²) in [5.41, 5.74) is 2.20. The third kappa shape index (κ3) is 5.06. The second-order valence-electron chi connectivity index (χ2n) is 7.32. The quantitative estimate of drug-likeness (QED) is 0.536. The first-order chi connectivity index (χ1) is 14.0. The summed E-state index contributed by atoms with van der Waals surface area (Å²) in [6.07, 6.45) is 2.42. The van der Waals surface area contributed by atoms with E-state index in [2.05, 4.69) is 24.5 Å². The minimum absolute atomic E-state index is 0.136. The summed E-state index contributed by atoms with van der Waals surface area (Å²) in [6, 6.07) is 10.8. The van der Waals surface area contributed by atoms with Gasteiger partial charge in [-0.2, -0.15) is 0 Å². The van der Waals surface area contributed by atoms with Crippen LogP contribution in [0.5, 0.6) is 0 Å². The number of nitrogens with one attached hydrogen (secondary N) is 2. The molecule has 0 aliphatic heterocycles. The van der Waals surface area contributed by atoms with Crippen molar-refractivity contribution in [3.63, 3.8) is 0 Å². The maximum atomic E-state index is 12.7. The molecule has 2 amide bonds. The van der Waals surface area contributed by atoms with Crippen LogP contribution in [0.15, 0.2) is 47.1 Å². The van der Waals surface area contributed by atoms with Gasteiger partial charge in [0.1, 0.15) is 5.69 Å². The second-order valence-corrected chi connectivity index (χ2v) is 7.32. The van der Waals surface area contributed by atoms with Crippen LogP contribution in [0.2, 0.25) is 0 Å². The highest BCUT2D eigenvalue weighted by Crippen LogP contribution is 2.25. The molecule has 0 atom stereocenters. The summed E-state index contributed by atoms with van der Waals surface area (Å²) >= 11 is 0. The van der Waals surface area contributed by atoms with Crippen molar-refractivity contribution >= 4 is 28.4 Å². The van der Waals surface area contributed by atoms with E-state index in [9.17, 15) is 9.59 Å². The van der Waals surface area contributed by atoms with Crippen molar-refractivity contribution < 1.29 is 18.7 Å². The van der Waals surface area contributed by atoms with Gasteiger partial charge in [0, 0.05) is 36.8 Å². The topological polar surface area (TPSA) is 85.5 Å². The van der Waals surface area contributed by atoms with Gasteiger partial charge in [0.25, 0.3) is 11.8 Å². The van der Waals surface area contributed by atoms with Gasteiger partial charge in [0.05, 0.1) is 12.9 Å². The lowest BCUT2D eigenvalue weighted by Crippen LogP contribution is -2.29. The molecule has 0 aliphatic rings. The zero-order valence-electron chi connectivity index (χ0n) is 17.0. The number of aryl methyl sites for hydroxylation is 1. The largest absolute Gasteiger partial charge is 0.459 e. The van der Waals surface area contributed by atoms with Gasteiger partial charge in [-0.05, 0) is 48.7 Å². The van der Waals surface area contributed by atoms with E-state index in [4.69, 9.17) is 9.15 Å². The molecule has 29 heavy (non-hydrogen) atoms. The van der Waals surface area contributed by atoms with E-state index >= 15 is 0 Å². The molecule has 0 aliphatic carbocycles. The number of rotatable bonds is 9. The van der Waals surface area contributed by atoms with E-state index in [-0.39, 0.29) is 17.6 Å². The molecule has 7 heteroatoms. The van der Waals surface area contributed by atoms with Crippen molar-refractivity contribution in [1.29, 1.82) is 0 Å². The number of methoxy groups -OCH3 is 1. The molecule has 0 saturated heterocycles. The Hall–Kier alpha value is -3.06. The number of amides is 2. The van der Waals surface area contributed by atoms with E-state index in [0.717, 1.165) is 23.9 Å². The van der Waals surface area contributed by atoms with Crippen LogP contribution in [0.1, 0.15) is 41.3 Å². The van der Waals surface area contributed by atoms with Crippen molar-refractivity contribution in [2.24, 2.45) is 5.92 Å². The van der Waals surface area contributed by atoms with E-state index < -0.39 is 0 Å². The van der Waals surface area contributed by atoms with Gasteiger partial charge in [-0.3, -0.25) is 9.59 Å². The first kappa shape index (κ1) is 20.7. The Morgan fingerprint density at radius 3 is 2.69 bits per heavy atom. The van der Waals surface area contributed by atoms with E-state index in [0.29, 0.717) is 30.5 Å². The number of carbonyl (C=O) groups excluding carboxylic acids is 2. The number of furan rings is 1. The fraction of sp³-hybridized carbons (Fsp3) is 0.364. The zero-order chi connectivity index (χ0) is 20.8. The normalized spacial score (nSPS) is 11.2. The molecule has 0 saturated carbocycles. The Bertz CT molecular complexity index is 974. The van der Waals surface area contributed by atoms with Gasteiger partial charge in [0.15, 0.2) is 5.76 Å². The predicted octanol–water partition coefficient (Wildman–Crippen LogP) is 3.91. The van der Waals surface area contributed by atoms with Crippen molar-refractivity contribution in [1.82, 2.24) is 9.88 Å². The molecule has 0 unspecified atom stereocenters. The standard InChI is InChI=1S/C22H27N3O4/c1-15(2)8-10-25-18-7-6-17(24-22(27)20-5-4-11-29-20)13-16(18)14-19(25)21(26)23-9-12-28-3/h4-7,11,13-15H,8-10,12H2,1-3H3,(H,23,26)(H,24,27). The van der Waals surface area contributed by atoms with Gasteiger partial charge >= 0.3 is 0 Å². The Balaban J connectivity index is 1.88. The SMILES string of the molecule is COCCNC(=O)c1cc2cc(NC(=O)c3ccco3)ccc2n1CCC(C)C. The van der Waals surface area contributed by atoms with E-state index in [1.54, 1.807) is 19.2 Å². The minimum atomic E-state index is -0.314. The molecular formula is C22H27N3O4. The first-order valence-corrected chi connectivity index (χ1v) is 9.75. The van der Waals surface area contributed by atoms with Crippen LogP contribution in [-0.4, -0.2) is 36.6 Å². The van der Waals surface area contributed by atoms with E-state index in [1.165, 1.54) is 6.26 Å². The maximum Gasteiger partial charge on any atom is 0.291 e. The first-order valence-electron chi connectivity index (χ1n) is 9.75. The Morgan fingerprint density at radius 1 is 1.17 bits per heavy atom. The monoisotopic (exact) mass is 397 g/mol. The third-order valence-corrected chi connectivity index (χ3v) is 4.66. The number of benzene rings is 1. The fourth-order valence-electron chi connectivity index (χ4n) is 3.12. The average Bonchev–Trinajstić information content (AvgIpc) is 3.34. The zero-order valence-corrected chi connectivity index (χ0v) is 17.0. The molecule has 0 fully saturated rings. The Morgan fingerprint density at radius 2 is 2.00 bits per heavy atom. The summed E-state index contributed by atoms with van der Waals surface area (Å²) in [5.74, 6) is 0.316. The van der Waals surface area contributed by atoms with Crippen molar-refractivity contribution in [3.8, 4) is 0 Å². The van der Waals surface area contributed by atoms with Crippen molar-refractivity contribution in [2.75, 3.05) is 25.6 Å². The number of hydrogen-bond donors (Lipinski definition) is 2. The van der Waals surface area contributed by atoms with Crippen LogP contribution in [0.3, 0.4) is 0 Å². The lowest BCUT2D eigenvalue weighted by molar-refractivity contribution is 0.0927. The van der Waals surface area contributed by atoms with Crippen molar-refractivity contribution in [3.05, 3.63) is 54.1 Å². The lowest BCUT2D eigenvalue weighted by atomic mass is 10.1. The molecule has 0 radical (unpaired) electrons. The molecule has 2 heterocycles. The van der Waals surface area contributed by atoms with Crippen LogP contribution in [-0.2, 0) is 11.3 Å². The molecule has 0 bridgehead atoms. The van der Waals surface area contributed by atoms with Gasteiger partial charge in [0.2, 0.25) is 0 Å². The third-order valence-electron chi connectivity index (χ3n) is 4.66. The van der Waals surface area contributed by atoms with Crippen LogP contribution in [0.4, 0.5) is 5.69 Å². The van der Waals surface area contributed by atoms with Gasteiger partial charge < -0.3 is 24.4 Å². The summed E-state index contributed by atoms with van der Waals surface area (Å²) < 4.78 is 12.2. The Kier molecular flexibility index (Phi) is 6.72. The average molecular weight is 397 g/mol. The van der Waals surface area contributed by atoms with Crippen LogP contribution in [0, 0.1) is 5.92 Å². The molecule has 3 rings (SSSR count). The molecule has 0 spiro atoms. The van der Waals surface area contributed by atoms with Crippen LogP contribution < -0.4 is 10.6 Å². The summed E-state index contributed by atoms with van der Waals surface area (Å²) in [5, 5.41) is 6.61. The predicted molar refractivity (Wildman–Crippen MR) is 112 cm³/mol. The maximum absolute atomic E-state index is 12.7. The molecular weight excluding hydrogens is 370 g/mol. The molecule has 154 valence electrons. The highest BCUT2D eigenvalue weighted by atomic mass is 16.5. The summed E-state index contributed by atoms with van der Waals surface area (Å²) in [4.78, 5) is 24.9. The van der Waals surface area contributed by atoms with Gasteiger partial charge in [-0.25, -0.2) is 0 Å². The Labute approximate surface area is 170 Å². The fourth-order valence-corrected chi connectivity index (χ4v) is 3.12. The second kappa shape index (κ2) is 9.43. The molecule has 2 N–H and O–H groups in total. The number of fused-ring (bicyclic) bond motifs is 1. The van der Waals surface area contributed by atoms with Gasteiger partial charge in [-0.15, -0.1) is 0 Å². The lowest BCUT2D eigenvalue weighted by Gasteiger charge is -2.13. The van der Waals surface area contributed by atoms with Crippen molar-refractivity contribution in [2.45, 2.75) is 26.8 Å². The molecule has 2 aromatic heterocycles. The number of aromatic nitrogens is 1. The number of hydrogen-bond acceptors (Lipinski definition) is 4. The van der Waals surface area contributed by atoms with Gasteiger partial charge in [-0.1, -0.05) is 13.8 Å². The minimum Gasteiger partial charge on any atom is -0.459 e. The number of carbonyl (C=O) groups is 2. The molecule has 7 nitrogen and oxygen atoms in total. The van der Waals surface area contributed by atoms with E-state index in [1.807, 2.05) is 28.8 Å². The summed E-state index contributed by atoms with van der Waals surface area (Å²) in [6.45, 7) is 5.97. The number of anilines is 1.